The van der Waals surface area contributed by atoms with Gasteiger partial charge in [-0.1, -0.05) is 37.5 Å². The normalized spacial score (nSPS) is 15.6. The highest BCUT2D eigenvalue weighted by molar-refractivity contribution is 7.90. The van der Waals surface area contributed by atoms with Gasteiger partial charge in [-0.3, -0.25) is 4.68 Å². The van der Waals surface area contributed by atoms with Crippen molar-refractivity contribution in [2.75, 3.05) is 0 Å². The van der Waals surface area contributed by atoms with E-state index in [1.165, 1.54) is 23.2 Å². The Hall–Kier alpha value is -3.00. The van der Waals surface area contributed by atoms with E-state index in [1.807, 2.05) is 13.2 Å². The van der Waals surface area contributed by atoms with E-state index in [9.17, 15) is 8.42 Å². The van der Waals surface area contributed by atoms with Crippen LogP contribution in [0, 0.1) is 0 Å². The van der Waals surface area contributed by atoms with Crippen LogP contribution < -0.4 is 0 Å². The van der Waals surface area contributed by atoms with Gasteiger partial charge in [-0.2, -0.15) is 5.10 Å². The van der Waals surface area contributed by atoms with Crippen molar-refractivity contribution in [3.8, 4) is 11.1 Å². The molecule has 0 amide bonds. The molecule has 1 aliphatic rings. The lowest BCUT2D eigenvalue weighted by molar-refractivity contribution is 0.436. The van der Waals surface area contributed by atoms with Crippen LogP contribution in [-0.2, 0) is 17.1 Å². The molecule has 0 unspecified atom stereocenters. The Balaban J connectivity index is 1.72. The molecule has 5 rings (SSSR count). The molecular formula is C22H23N5O2S. The van der Waals surface area contributed by atoms with Crippen LogP contribution >= 0.6 is 0 Å². The maximum atomic E-state index is 13.4. The van der Waals surface area contributed by atoms with Crippen molar-refractivity contribution in [2.45, 2.75) is 42.9 Å². The van der Waals surface area contributed by atoms with Gasteiger partial charge in [-0.25, -0.2) is 22.4 Å². The summed E-state index contributed by atoms with van der Waals surface area (Å²) in [5.74, 6) is 0.381. The quantitative estimate of drug-likeness (QED) is 0.495. The van der Waals surface area contributed by atoms with Gasteiger partial charge in [0.2, 0.25) is 0 Å². The molecule has 0 spiro atoms. The molecule has 4 aromatic rings. The summed E-state index contributed by atoms with van der Waals surface area (Å²) >= 11 is 0. The Bertz CT molecular complexity index is 1300. The number of aryl methyl sites for hydroxylation is 1. The molecule has 3 aromatic heterocycles. The van der Waals surface area contributed by atoms with Crippen LogP contribution in [0.15, 0.2) is 60.0 Å². The summed E-state index contributed by atoms with van der Waals surface area (Å²) in [7, 11) is -1.96. The molecular weight excluding hydrogens is 398 g/mol. The molecule has 8 heteroatoms. The Morgan fingerprint density at radius 2 is 1.77 bits per heavy atom. The van der Waals surface area contributed by atoms with Crippen molar-refractivity contribution in [3.05, 3.63) is 60.8 Å². The second kappa shape index (κ2) is 7.36. The molecule has 0 bridgehead atoms. The molecule has 0 N–H and O–H groups in total. The lowest BCUT2D eigenvalue weighted by atomic mass is 9.87. The number of rotatable bonds is 4. The minimum absolute atomic E-state index is 0.220. The lowest BCUT2D eigenvalue weighted by Crippen LogP contribution is -2.13. The van der Waals surface area contributed by atoms with Gasteiger partial charge < -0.3 is 0 Å². The number of benzene rings is 1. The largest absolute Gasteiger partial charge is 0.275 e. The third-order valence-electron chi connectivity index (χ3n) is 5.82. The predicted molar refractivity (Wildman–Crippen MR) is 115 cm³/mol. The Morgan fingerprint density at radius 3 is 2.47 bits per heavy atom. The van der Waals surface area contributed by atoms with Crippen molar-refractivity contribution in [2.24, 2.45) is 7.05 Å². The highest BCUT2D eigenvalue weighted by Crippen LogP contribution is 2.35. The molecule has 1 fully saturated rings. The second-order valence-corrected chi connectivity index (χ2v) is 9.68. The molecule has 7 nitrogen and oxygen atoms in total. The number of hydrogen-bond acceptors (Lipinski definition) is 5. The first kappa shape index (κ1) is 19.0. The zero-order valence-electron chi connectivity index (χ0n) is 16.8. The van der Waals surface area contributed by atoms with Crippen molar-refractivity contribution in [1.82, 2.24) is 23.7 Å². The van der Waals surface area contributed by atoms with Crippen molar-refractivity contribution in [3.63, 3.8) is 0 Å². The van der Waals surface area contributed by atoms with Crippen LogP contribution in [0.5, 0.6) is 0 Å². The number of fused-ring (bicyclic) bond motifs is 1. The van der Waals surface area contributed by atoms with Gasteiger partial charge in [0.25, 0.3) is 10.0 Å². The van der Waals surface area contributed by atoms with Gasteiger partial charge in [0.15, 0.2) is 5.65 Å². The van der Waals surface area contributed by atoms with Crippen LogP contribution in [-0.4, -0.2) is 32.1 Å². The highest BCUT2D eigenvalue weighted by Gasteiger charge is 2.25. The molecule has 0 atom stereocenters. The summed E-state index contributed by atoms with van der Waals surface area (Å²) in [4.78, 5) is 9.74. The second-order valence-electron chi connectivity index (χ2n) is 7.86. The molecule has 30 heavy (non-hydrogen) atoms. The van der Waals surface area contributed by atoms with Gasteiger partial charge in [-0.05, 0) is 25.0 Å². The lowest BCUT2D eigenvalue weighted by Gasteiger charge is -2.20. The van der Waals surface area contributed by atoms with Crippen LogP contribution in [0.25, 0.3) is 22.3 Å². The predicted octanol–water partition coefficient (Wildman–Crippen LogP) is 4.12. The fourth-order valence-electron chi connectivity index (χ4n) is 4.23. The summed E-state index contributed by atoms with van der Waals surface area (Å²) in [5.41, 5.74) is 3.44. The topological polar surface area (TPSA) is 82.7 Å². The smallest absolute Gasteiger partial charge is 0.269 e. The number of aromatic nitrogens is 5. The van der Waals surface area contributed by atoms with Crippen LogP contribution in [0.2, 0.25) is 0 Å². The van der Waals surface area contributed by atoms with E-state index in [0.29, 0.717) is 17.1 Å². The molecule has 3 heterocycles. The summed E-state index contributed by atoms with van der Waals surface area (Å²) in [5, 5.41) is 4.25. The zero-order chi connectivity index (χ0) is 20.7. The van der Waals surface area contributed by atoms with E-state index in [2.05, 4.69) is 10.1 Å². The number of hydrogen-bond donors (Lipinski definition) is 0. The van der Waals surface area contributed by atoms with E-state index in [-0.39, 0.29) is 4.90 Å². The summed E-state index contributed by atoms with van der Waals surface area (Å²) in [6, 6.07) is 8.41. The highest BCUT2D eigenvalue weighted by atomic mass is 32.2. The Morgan fingerprint density at radius 1 is 1.00 bits per heavy atom. The van der Waals surface area contributed by atoms with Gasteiger partial charge in [0.05, 0.1) is 23.0 Å². The summed E-state index contributed by atoms with van der Waals surface area (Å²) in [6.07, 6.45) is 12.8. The molecule has 154 valence electrons. The fourth-order valence-corrected chi connectivity index (χ4v) is 5.57. The molecule has 0 saturated heterocycles. The fraction of sp³-hybridized carbons (Fsp3) is 0.318. The van der Waals surface area contributed by atoms with Gasteiger partial charge in [0.1, 0.15) is 5.52 Å². The van der Waals surface area contributed by atoms with Gasteiger partial charge in [-0.15, -0.1) is 0 Å². The average molecular weight is 422 g/mol. The van der Waals surface area contributed by atoms with Crippen molar-refractivity contribution >= 4 is 21.2 Å². The third kappa shape index (κ3) is 3.21. The van der Waals surface area contributed by atoms with Gasteiger partial charge in [0, 0.05) is 36.5 Å². The number of nitrogens with zero attached hydrogens (tertiary/aromatic N) is 5. The monoisotopic (exact) mass is 421 g/mol. The molecule has 1 aromatic carbocycles. The summed E-state index contributed by atoms with van der Waals surface area (Å²) in [6.45, 7) is 0. The van der Waals surface area contributed by atoms with E-state index in [0.717, 1.165) is 29.7 Å². The van der Waals surface area contributed by atoms with Crippen LogP contribution in [0.3, 0.4) is 0 Å². The SMILES string of the molecule is Cn1cc(-c2cn(S(=O)(=O)c3ccccc3)c3ncc(C4CCCCC4)nc23)cn1. The maximum absolute atomic E-state index is 13.4. The Labute approximate surface area is 175 Å². The molecule has 1 aliphatic carbocycles. The van der Waals surface area contributed by atoms with Crippen molar-refractivity contribution < 1.29 is 8.42 Å². The molecule has 0 radical (unpaired) electrons. The summed E-state index contributed by atoms with van der Waals surface area (Å²) < 4.78 is 29.7. The van der Waals surface area contributed by atoms with E-state index >= 15 is 0 Å². The molecule has 1 saturated carbocycles. The van der Waals surface area contributed by atoms with E-state index < -0.39 is 10.0 Å². The molecule has 0 aliphatic heterocycles. The first-order chi connectivity index (χ1) is 14.5. The van der Waals surface area contributed by atoms with Gasteiger partial charge >= 0.3 is 0 Å². The first-order valence-electron chi connectivity index (χ1n) is 10.2. The zero-order valence-corrected chi connectivity index (χ0v) is 17.6. The first-order valence-corrected chi connectivity index (χ1v) is 11.7. The third-order valence-corrected chi connectivity index (χ3v) is 7.49. The average Bonchev–Trinajstić information content (AvgIpc) is 3.38. The van der Waals surface area contributed by atoms with Crippen molar-refractivity contribution in [1.29, 1.82) is 0 Å². The Kier molecular flexibility index (Phi) is 4.66. The van der Waals surface area contributed by atoms with Crippen LogP contribution in [0.1, 0.15) is 43.7 Å². The van der Waals surface area contributed by atoms with Crippen LogP contribution in [0.4, 0.5) is 0 Å². The maximum Gasteiger partial charge on any atom is 0.269 e. The minimum Gasteiger partial charge on any atom is -0.275 e. The minimum atomic E-state index is -3.80. The van der Waals surface area contributed by atoms with E-state index in [1.54, 1.807) is 53.6 Å². The standard InChI is InChI=1S/C22H23N5O2S/c1-26-14-17(12-24-26)19-15-27(30(28,29)18-10-6-3-7-11-18)22-21(19)25-20(13-23-22)16-8-4-2-5-9-16/h3,6-7,10-16H,2,4-5,8-9H2,1H3. The van der Waals surface area contributed by atoms with E-state index in [4.69, 9.17) is 4.98 Å².